The molecule has 0 radical (unpaired) electrons. The molecule has 1 amide bonds. The smallest absolute Gasteiger partial charge is 0.262 e. The molecule has 0 atom stereocenters. The number of amides is 1. The molecule has 12 heteroatoms. The standard InChI is InChI=1S/C19H21N7O4S/c1-28-14-7-5-13(6-8-14)20-19(31)23-21-17(27)11-26-24-18(22-25-26)12-4-9-15(29-2)16(10-12)30-3/h4-10H,11H2,1-3H3,(H,21,27)(H2,20,23,31). The number of nitrogens with zero attached hydrogens (tertiary/aromatic N) is 4. The molecule has 162 valence electrons. The van der Waals surface area contributed by atoms with Crippen LogP contribution in [0, 0.1) is 0 Å². The van der Waals surface area contributed by atoms with Gasteiger partial charge in [0.05, 0.1) is 21.3 Å². The number of anilines is 1. The molecule has 0 unspecified atom stereocenters. The summed E-state index contributed by atoms with van der Waals surface area (Å²) in [6.07, 6.45) is 0. The minimum Gasteiger partial charge on any atom is -0.497 e. The summed E-state index contributed by atoms with van der Waals surface area (Å²) in [7, 11) is 4.68. The molecule has 1 heterocycles. The third kappa shape index (κ3) is 5.79. The maximum atomic E-state index is 12.1. The van der Waals surface area contributed by atoms with Gasteiger partial charge < -0.3 is 19.5 Å². The molecule has 0 bridgehead atoms. The molecule has 0 aliphatic carbocycles. The third-order valence-corrected chi connectivity index (χ3v) is 4.25. The van der Waals surface area contributed by atoms with Gasteiger partial charge >= 0.3 is 0 Å². The lowest BCUT2D eigenvalue weighted by Gasteiger charge is -2.11. The molecule has 3 aromatic rings. The average molecular weight is 443 g/mol. The second-order valence-corrected chi connectivity index (χ2v) is 6.48. The van der Waals surface area contributed by atoms with Crippen molar-refractivity contribution in [3.63, 3.8) is 0 Å². The van der Waals surface area contributed by atoms with E-state index >= 15 is 0 Å². The minimum absolute atomic E-state index is 0.154. The van der Waals surface area contributed by atoms with Gasteiger partial charge in [0, 0.05) is 11.3 Å². The van der Waals surface area contributed by atoms with Crippen molar-refractivity contribution in [2.45, 2.75) is 6.54 Å². The number of hydrogen-bond acceptors (Lipinski definition) is 8. The van der Waals surface area contributed by atoms with Crippen LogP contribution < -0.4 is 30.4 Å². The summed E-state index contributed by atoms with van der Waals surface area (Å²) in [5.74, 6) is 1.79. The summed E-state index contributed by atoms with van der Waals surface area (Å²) < 4.78 is 15.6. The van der Waals surface area contributed by atoms with E-state index in [1.165, 1.54) is 11.9 Å². The fourth-order valence-electron chi connectivity index (χ4n) is 2.53. The molecule has 1 aromatic heterocycles. The highest BCUT2D eigenvalue weighted by molar-refractivity contribution is 7.80. The first-order chi connectivity index (χ1) is 15.0. The van der Waals surface area contributed by atoms with Gasteiger partial charge in [0.1, 0.15) is 12.3 Å². The molecule has 3 N–H and O–H groups in total. The highest BCUT2D eigenvalue weighted by Crippen LogP contribution is 2.30. The minimum atomic E-state index is -0.407. The summed E-state index contributed by atoms with van der Waals surface area (Å²) in [5.41, 5.74) is 6.50. The van der Waals surface area contributed by atoms with Gasteiger partial charge in [-0.2, -0.15) is 4.80 Å². The summed E-state index contributed by atoms with van der Waals surface area (Å²) in [5, 5.41) is 15.2. The lowest BCUT2D eigenvalue weighted by molar-refractivity contribution is -0.122. The topological polar surface area (TPSA) is 124 Å². The number of carbonyl (C=O) groups excluding carboxylic acids is 1. The number of nitrogens with one attached hydrogen (secondary N) is 3. The average Bonchev–Trinajstić information content (AvgIpc) is 3.26. The van der Waals surface area contributed by atoms with Gasteiger partial charge in [0.25, 0.3) is 5.91 Å². The van der Waals surface area contributed by atoms with Crippen LogP contribution >= 0.6 is 12.2 Å². The van der Waals surface area contributed by atoms with Gasteiger partial charge in [0.2, 0.25) is 5.82 Å². The molecule has 2 aromatic carbocycles. The fourth-order valence-corrected chi connectivity index (χ4v) is 2.70. The maximum absolute atomic E-state index is 12.1. The first-order valence-corrected chi connectivity index (χ1v) is 9.43. The number of ether oxygens (including phenoxy) is 3. The van der Waals surface area contributed by atoms with Crippen molar-refractivity contribution in [2.24, 2.45) is 0 Å². The highest BCUT2D eigenvalue weighted by atomic mass is 32.1. The van der Waals surface area contributed by atoms with E-state index in [9.17, 15) is 4.79 Å². The predicted octanol–water partition coefficient (Wildman–Crippen LogP) is 1.38. The summed E-state index contributed by atoms with van der Waals surface area (Å²) in [4.78, 5) is 13.3. The van der Waals surface area contributed by atoms with Crippen molar-refractivity contribution in [1.29, 1.82) is 0 Å². The predicted molar refractivity (Wildman–Crippen MR) is 117 cm³/mol. The Kier molecular flexibility index (Phi) is 7.17. The summed E-state index contributed by atoms with van der Waals surface area (Å²) in [6.45, 7) is -0.154. The van der Waals surface area contributed by atoms with Crippen LogP contribution in [-0.2, 0) is 11.3 Å². The lowest BCUT2D eigenvalue weighted by Crippen LogP contribution is -2.45. The van der Waals surface area contributed by atoms with Crippen molar-refractivity contribution in [3.05, 3.63) is 42.5 Å². The molecule has 0 aliphatic heterocycles. The van der Waals surface area contributed by atoms with Crippen molar-refractivity contribution in [1.82, 2.24) is 31.1 Å². The molecule has 0 aliphatic rings. The number of tetrazole rings is 1. The Bertz CT molecular complexity index is 1060. The van der Waals surface area contributed by atoms with Gasteiger partial charge in [-0.3, -0.25) is 15.6 Å². The maximum Gasteiger partial charge on any atom is 0.262 e. The molecule has 0 saturated heterocycles. The van der Waals surface area contributed by atoms with Crippen LogP contribution in [-0.4, -0.2) is 52.6 Å². The van der Waals surface area contributed by atoms with E-state index in [2.05, 4.69) is 31.6 Å². The molecule has 11 nitrogen and oxygen atoms in total. The monoisotopic (exact) mass is 443 g/mol. The van der Waals surface area contributed by atoms with E-state index in [0.717, 1.165) is 11.4 Å². The zero-order valence-corrected chi connectivity index (χ0v) is 17.9. The van der Waals surface area contributed by atoms with Crippen LogP contribution in [0.1, 0.15) is 0 Å². The molecular weight excluding hydrogens is 422 g/mol. The zero-order chi connectivity index (χ0) is 22.2. The van der Waals surface area contributed by atoms with Crippen molar-refractivity contribution in [2.75, 3.05) is 26.6 Å². The number of thiocarbonyl (C=S) groups is 1. The number of hydrazine groups is 1. The third-order valence-electron chi connectivity index (χ3n) is 4.04. The van der Waals surface area contributed by atoms with E-state index < -0.39 is 5.91 Å². The van der Waals surface area contributed by atoms with Gasteiger partial charge in [-0.15, -0.1) is 10.2 Å². The Morgan fingerprint density at radius 2 is 1.74 bits per heavy atom. The second-order valence-electron chi connectivity index (χ2n) is 6.07. The molecule has 0 saturated carbocycles. The Hall–Kier alpha value is -3.93. The molecule has 0 spiro atoms. The summed E-state index contributed by atoms with van der Waals surface area (Å²) in [6, 6.07) is 12.4. The number of methoxy groups -OCH3 is 3. The molecular formula is C19H21N7O4S. The van der Waals surface area contributed by atoms with Gasteiger partial charge in [0.15, 0.2) is 16.6 Å². The van der Waals surface area contributed by atoms with E-state index in [4.69, 9.17) is 26.4 Å². The number of hydrogen-bond donors (Lipinski definition) is 3. The Morgan fingerprint density at radius 1 is 1.00 bits per heavy atom. The Morgan fingerprint density at radius 3 is 2.42 bits per heavy atom. The van der Waals surface area contributed by atoms with E-state index in [0.29, 0.717) is 22.9 Å². The molecule has 31 heavy (non-hydrogen) atoms. The Balaban J connectivity index is 1.52. The van der Waals surface area contributed by atoms with Crippen molar-refractivity contribution in [3.8, 4) is 28.6 Å². The Labute approximate surface area is 183 Å². The van der Waals surface area contributed by atoms with Gasteiger partial charge in [-0.05, 0) is 59.9 Å². The first kappa shape index (κ1) is 21.8. The van der Waals surface area contributed by atoms with Crippen LogP contribution in [0.5, 0.6) is 17.2 Å². The van der Waals surface area contributed by atoms with Crippen molar-refractivity contribution < 1.29 is 19.0 Å². The normalized spacial score (nSPS) is 10.2. The zero-order valence-electron chi connectivity index (χ0n) is 17.1. The van der Waals surface area contributed by atoms with Gasteiger partial charge in [-0.25, -0.2) is 0 Å². The number of carbonyl (C=O) groups is 1. The lowest BCUT2D eigenvalue weighted by atomic mass is 10.2. The van der Waals surface area contributed by atoms with Crippen LogP contribution in [0.3, 0.4) is 0 Å². The number of rotatable bonds is 7. The van der Waals surface area contributed by atoms with E-state index in [1.54, 1.807) is 56.7 Å². The van der Waals surface area contributed by atoms with Crippen LogP contribution in [0.4, 0.5) is 5.69 Å². The molecule has 0 fully saturated rings. The largest absolute Gasteiger partial charge is 0.497 e. The van der Waals surface area contributed by atoms with Crippen LogP contribution in [0.25, 0.3) is 11.4 Å². The number of benzene rings is 2. The molecule has 3 rings (SSSR count). The SMILES string of the molecule is COc1ccc(NC(=S)NNC(=O)Cn2nnc(-c3ccc(OC)c(OC)c3)n2)cc1. The van der Waals surface area contributed by atoms with Gasteiger partial charge in [-0.1, -0.05) is 0 Å². The first-order valence-electron chi connectivity index (χ1n) is 9.02. The van der Waals surface area contributed by atoms with Crippen LogP contribution in [0.15, 0.2) is 42.5 Å². The van der Waals surface area contributed by atoms with Crippen LogP contribution in [0.2, 0.25) is 0 Å². The quantitative estimate of drug-likeness (QED) is 0.364. The van der Waals surface area contributed by atoms with E-state index in [-0.39, 0.29) is 11.7 Å². The number of aromatic nitrogens is 4. The fraction of sp³-hybridized carbons (Fsp3) is 0.211. The second kappa shape index (κ2) is 10.2. The van der Waals surface area contributed by atoms with E-state index in [1.807, 2.05) is 0 Å². The summed E-state index contributed by atoms with van der Waals surface area (Å²) >= 11 is 5.15. The van der Waals surface area contributed by atoms with Crippen molar-refractivity contribution >= 4 is 28.9 Å². The highest BCUT2D eigenvalue weighted by Gasteiger charge is 2.12.